The van der Waals surface area contributed by atoms with Crippen molar-refractivity contribution < 1.29 is 18.7 Å². The van der Waals surface area contributed by atoms with E-state index in [2.05, 4.69) is 34.4 Å². The third kappa shape index (κ3) is 7.62. The highest BCUT2D eigenvalue weighted by Crippen LogP contribution is 2.38. The molecule has 5 rings (SSSR count). The van der Waals surface area contributed by atoms with Gasteiger partial charge < -0.3 is 26.4 Å². The Balaban J connectivity index is 1.35. The topological polar surface area (TPSA) is 137 Å². The van der Waals surface area contributed by atoms with Crippen LogP contribution in [0, 0.1) is 17.6 Å². The van der Waals surface area contributed by atoms with Gasteiger partial charge in [-0.2, -0.15) is 4.98 Å². The van der Waals surface area contributed by atoms with Gasteiger partial charge in [-0.05, 0) is 64.0 Å². The number of fused-ring (bicyclic) bond motifs is 1. The predicted octanol–water partition coefficient (Wildman–Crippen LogP) is 4.03. The largest absolute Gasteiger partial charge is 0.395 e. The van der Waals surface area contributed by atoms with Crippen molar-refractivity contribution in [3.63, 3.8) is 0 Å². The second-order valence-corrected chi connectivity index (χ2v) is 12.1. The number of nitrogens with two attached hydrogens (primary N) is 1. The number of amides is 1. The number of hydrogen-bond acceptors (Lipinski definition) is 9. The van der Waals surface area contributed by atoms with Crippen molar-refractivity contribution in [2.45, 2.75) is 76.9 Å². The summed E-state index contributed by atoms with van der Waals surface area (Å²) in [6, 6.07) is 3.63. The summed E-state index contributed by atoms with van der Waals surface area (Å²) in [5, 5.41) is 15.7. The third-order valence-corrected chi connectivity index (χ3v) is 8.99. The van der Waals surface area contributed by atoms with E-state index in [4.69, 9.17) is 15.7 Å². The third-order valence-electron chi connectivity index (χ3n) is 8.99. The lowest BCUT2D eigenvalue weighted by Gasteiger charge is -2.38. The predicted molar refractivity (Wildman–Crippen MR) is 167 cm³/mol. The number of carbonyl (C=O) groups is 1. The summed E-state index contributed by atoms with van der Waals surface area (Å²) < 4.78 is 30.3. The number of benzene rings is 1. The van der Waals surface area contributed by atoms with Gasteiger partial charge in [-0.25, -0.2) is 18.7 Å². The molecule has 0 spiro atoms. The molecular formula is C31H45F2N9O2. The average molecular weight is 614 g/mol. The van der Waals surface area contributed by atoms with Crippen LogP contribution in [0.15, 0.2) is 24.4 Å². The molecule has 2 atom stereocenters. The van der Waals surface area contributed by atoms with Gasteiger partial charge >= 0.3 is 0 Å². The Bertz CT molecular complexity index is 1400. The number of carbonyl (C=O) groups excluding carboxylic acids is 1. The fourth-order valence-electron chi connectivity index (χ4n) is 6.24. The number of hydrogen-bond donors (Lipinski definition) is 4. The monoisotopic (exact) mass is 613 g/mol. The minimum atomic E-state index is -0.718. The number of anilines is 3. The molecule has 1 amide bonds. The standard InChI is InChI=1S/C31H45F2N9O2/c1-3-23(34)8-4-20(2)36-30-35-19-27-28(39-30)42(31(38-27)37-26-11-7-22(32)18-25(26)33)24-9-5-21(6-10-24)29(44)41-14-12-40(13-15-41)16-17-43/h7,11,18-21,23-24,43H,3-6,8-10,12-17,34H2,1-2H3,(H,37,38)(H,35,36,39)/t20-,21?,23-,24?/m1/s1. The summed E-state index contributed by atoms with van der Waals surface area (Å²) in [4.78, 5) is 31.5. The molecule has 2 aliphatic rings. The van der Waals surface area contributed by atoms with E-state index in [0.29, 0.717) is 42.7 Å². The molecule has 2 aromatic heterocycles. The number of rotatable bonds is 12. The molecule has 1 aliphatic carbocycles. The van der Waals surface area contributed by atoms with Gasteiger partial charge in [0.25, 0.3) is 0 Å². The van der Waals surface area contributed by atoms with Crippen LogP contribution in [-0.4, -0.2) is 91.7 Å². The lowest BCUT2D eigenvalue weighted by Crippen LogP contribution is -2.51. The molecule has 5 N–H and O–H groups in total. The van der Waals surface area contributed by atoms with Crippen LogP contribution >= 0.6 is 0 Å². The maximum Gasteiger partial charge on any atom is 0.225 e. The zero-order valence-corrected chi connectivity index (χ0v) is 25.7. The van der Waals surface area contributed by atoms with Crippen LogP contribution < -0.4 is 16.4 Å². The Morgan fingerprint density at radius 1 is 1.11 bits per heavy atom. The van der Waals surface area contributed by atoms with Crippen molar-refractivity contribution in [3.05, 3.63) is 36.0 Å². The lowest BCUT2D eigenvalue weighted by molar-refractivity contribution is -0.138. The molecule has 1 aromatic carbocycles. The molecule has 3 aromatic rings. The summed E-state index contributed by atoms with van der Waals surface area (Å²) in [5.41, 5.74) is 7.38. The molecule has 240 valence electrons. The summed E-state index contributed by atoms with van der Waals surface area (Å²) in [6.07, 6.45) is 7.24. The zero-order valence-electron chi connectivity index (χ0n) is 25.7. The van der Waals surface area contributed by atoms with Crippen molar-refractivity contribution in [2.75, 3.05) is 50.0 Å². The fraction of sp³-hybridized carbons (Fsp3) is 0.613. The maximum atomic E-state index is 14.7. The minimum absolute atomic E-state index is 0.0285. The van der Waals surface area contributed by atoms with Gasteiger partial charge in [0, 0.05) is 62.8 Å². The van der Waals surface area contributed by atoms with E-state index in [9.17, 15) is 18.7 Å². The van der Waals surface area contributed by atoms with Crippen LogP contribution in [0.1, 0.15) is 64.8 Å². The maximum absolute atomic E-state index is 14.7. The van der Waals surface area contributed by atoms with Crippen molar-refractivity contribution in [3.8, 4) is 0 Å². The van der Waals surface area contributed by atoms with Crippen LogP contribution in [0.3, 0.4) is 0 Å². The van der Waals surface area contributed by atoms with Crippen LogP contribution in [0.2, 0.25) is 0 Å². The number of piperazine rings is 1. The van der Waals surface area contributed by atoms with Crippen molar-refractivity contribution in [1.29, 1.82) is 0 Å². The molecule has 13 heteroatoms. The normalized spacial score (nSPS) is 20.9. The van der Waals surface area contributed by atoms with Gasteiger partial charge in [-0.3, -0.25) is 14.3 Å². The molecule has 2 fully saturated rings. The number of aliphatic hydroxyl groups is 1. The second-order valence-electron chi connectivity index (χ2n) is 12.1. The van der Waals surface area contributed by atoms with E-state index in [1.165, 1.54) is 12.1 Å². The lowest BCUT2D eigenvalue weighted by atomic mass is 9.85. The molecule has 11 nitrogen and oxygen atoms in total. The number of aromatic nitrogens is 4. The first-order valence-electron chi connectivity index (χ1n) is 15.9. The molecule has 1 saturated heterocycles. The molecule has 1 saturated carbocycles. The van der Waals surface area contributed by atoms with Crippen LogP contribution in [-0.2, 0) is 4.79 Å². The molecule has 0 bridgehead atoms. The Kier molecular flexibility index (Phi) is 10.6. The molecule has 3 heterocycles. The summed E-state index contributed by atoms with van der Waals surface area (Å²) >= 11 is 0. The SMILES string of the molecule is CC[C@@H](N)CC[C@@H](C)Nc1ncc2nc(Nc3ccc(F)cc3F)n(C3CCC(C(=O)N4CCN(CCO)CC4)CC3)c2n1. The smallest absolute Gasteiger partial charge is 0.225 e. The number of β-amino-alcohol motifs (C(OH)–C–C–N with tert-alkyl or cyclic N) is 1. The molecule has 0 radical (unpaired) electrons. The minimum Gasteiger partial charge on any atom is -0.395 e. The average Bonchev–Trinajstić information content (AvgIpc) is 3.38. The molecule has 0 unspecified atom stereocenters. The Morgan fingerprint density at radius 3 is 2.55 bits per heavy atom. The summed E-state index contributed by atoms with van der Waals surface area (Å²) in [6.45, 7) is 7.82. The summed E-state index contributed by atoms with van der Waals surface area (Å²) in [5.74, 6) is -0.369. The van der Waals surface area contributed by atoms with Crippen LogP contribution in [0.5, 0.6) is 0 Å². The van der Waals surface area contributed by atoms with Gasteiger partial charge in [0.2, 0.25) is 17.8 Å². The Morgan fingerprint density at radius 2 is 1.86 bits per heavy atom. The summed E-state index contributed by atoms with van der Waals surface area (Å²) in [7, 11) is 0. The van der Waals surface area contributed by atoms with Crippen LogP contribution in [0.25, 0.3) is 11.2 Å². The first-order chi connectivity index (χ1) is 21.2. The second kappa shape index (κ2) is 14.6. The number of nitrogens with one attached hydrogen (secondary N) is 2. The Labute approximate surface area is 257 Å². The quantitative estimate of drug-likeness (QED) is 0.239. The van der Waals surface area contributed by atoms with Crippen molar-refractivity contribution in [1.82, 2.24) is 29.3 Å². The highest BCUT2D eigenvalue weighted by molar-refractivity contribution is 5.79. The number of halogens is 2. The van der Waals surface area contributed by atoms with Gasteiger partial charge in [0.1, 0.15) is 17.2 Å². The number of nitrogens with zero attached hydrogens (tertiary/aromatic N) is 6. The van der Waals surface area contributed by atoms with E-state index in [1.807, 2.05) is 9.47 Å². The van der Waals surface area contributed by atoms with Gasteiger partial charge in [-0.1, -0.05) is 6.92 Å². The van der Waals surface area contributed by atoms with E-state index in [0.717, 1.165) is 64.1 Å². The van der Waals surface area contributed by atoms with E-state index in [-0.39, 0.29) is 42.2 Å². The van der Waals surface area contributed by atoms with Crippen molar-refractivity contribution in [2.24, 2.45) is 11.7 Å². The Hall–Kier alpha value is -3.42. The first kappa shape index (κ1) is 32.0. The number of imidazole rings is 1. The molecular weight excluding hydrogens is 568 g/mol. The van der Waals surface area contributed by atoms with Gasteiger partial charge in [-0.15, -0.1) is 0 Å². The fourth-order valence-corrected chi connectivity index (χ4v) is 6.24. The number of aliphatic hydroxyl groups excluding tert-OH is 1. The van der Waals surface area contributed by atoms with Gasteiger partial charge in [0.15, 0.2) is 5.65 Å². The van der Waals surface area contributed by atoms with E-state index in [1.54, 1.807) is 6.20 Å². The van der Waals surface area contributed by atoms with Crippen LogP contribution in [0.4, 0.5) is 26.4 Å². The van der Waals surface area contributed by atoms with Crippen molar-refractivity contribution >= 4 is 34.7 Å². The van der Waals surface area contributed by atoms with E-state index >= 15 is 0 Å². The highest BCUT2D eigenvalue weighted by Gasteiger charge is 2.33. The van der Waals surface area contributed by atoms with E-state index < -0.39 is 11.6 Å². The molecule has 1 aliphatic heterocycles. The zero-order chi connectivity index (χ0) is 31.2. The molecule has 44 heavy (non-hydrogen) atoms. The first-order valence-corrected chi connectivity index (χ1v) is 15.9. The highest BCUT2D eigenvalue weighted by atomic mass is 19.1. The van der Waals surface area contributed by atoms with Gasteiger partial charge in [0.05, 0.1) is 18.5 Å².